The smallest absolute Gasteiger partial charge is 0.299 e. The Labute approximate surface area is 145 Å². The van der Waals surface area contributed by atoms with Crippen LogP contribution in [0.4, 0.5) is 22.7 Å². The Kier molecular flexibility index (Phi) is 4.12. The number of nitrogens with zero attached hydrogens (tertiary/aromatic N) is 2. The van der Waals surface area contributed by atoms with E-state index in [1.54, 1.807) is 30.3 Å². The molecule has 0 aliphatic carbocycles. The number of nitrogens with one attached hydrogen (secondary N) is 1. The molecule has 0 aliphatic heterocycles. The first-order chi connectivity index (χ1) is 11.9. The number of fused-ring (bicyclic) bond motifs is 1. The molecule has 0 saturated carbocycles. The van der Waals surface area contributed by atoms with Gasteiger partial charge in [-0.25, -0.2) is 0 Å². The summed E-state index contributed by atoms with van der Waals surface area (Å²) in [7, 11) is 0. The van der Waals surface area contributed by atoms with Crippen molar-refractivity contribution in [2.24, 2.45) is 0 Å². The van der Waals surface area contributed by atoms with Crippen LogP contribution < -0.4 is 5.32 Å². The molecule has 0 aliphatic rings. The molecule has 0 bridgehead atoms. The molecule has 3 aromatic rings. The number of phenols is 1. The molecule has 0 heterocycles. The summed E-state index contributed by atoms with van der Waals surface area (Å²) in [6.45, 7) is 0. The second-order valence-corrected chi connectivity index (χ2v) is 5.55. The first-order valence-electron chi connectivity index (χ1n) is 6.98. The maximum atomic E-state index is 11.3. The van der Waals surface area contributed by atoms with Crippen molar-refractivity contribution in [2.45, 2.75) is 0 Å². The van der Waals surface area contributed by atoms with Gasteiger partial charge in [-0.15, -0.1) is 0 Å². The van der Waals surface area contributed by atoms with E-state index in [1.165, 1.54) is 6.07 Å². The van der Waals surface area contributed by atoms with Crippen LogP contribution in [0.25, 0.3) is 10.8 Å². The maximum Gasteiger partial charge on any atom is 0.299 e. The van der Waals surface area contributed by atoms with Crippen LogP contribution in [0.1, 0.15) is 0 Å². The topological polar surface area (TPSA) is 119 Å². The molecule has 126 valence electrons. The van der Waals surface area contributed by atoms with Crippen LogP contribution in [-0.4, -0.2) is 15.0 Å². The maximum absolute atomic E-state index is 11.3. The molecule has 25 heavy (non-hydrogen) atoms. The van der Waals surface area contributed by atoms with Crippen molar-refractivity contribution < 1.29 is 15.0 Å². The standard InChI is InChI=1S/C16H10ClN3O5/c17-10-7-12(14(20(24)25)8-13(10)19(22)23)18-11-5-1-3-9-4-2-6-15(21)16(9)11/h1-8,18,21H. The lowest BCUT2D eigenvalue weighted by Gasteiger charge is -2.11. The Morgan fingerprint density at radius 3 is 2.20 bits per heavy atom. The zero-order valence-corrected chi connectivity index (χ0v) is 13.2. The third-order valence-electron chi connectivity index (χ3n) is 3.61. The number of anilines is 2. The van der Waals surface area contributed by atoms with Crippen molar-refractivity contribution in [1.82, 2.24) is 0 Å². The number of nitro benzene ring substituents is 2. The average molecular weight is 360 g/mol. The van der Waals surface area contributed by atoms with Crippen LogP contribution in [0.5, 0.6) is 5.75 Å². The van der Waals surface area contributed by atoms with Crippen molar-refractivity contribution in [2.75, 3.05) is 5.32 Å². The lowest BCUT2D eigenvalue weighted by atomic mass is 10.1. The second kappa shape index (κ2) is 6.25. The minimum absolute atomic E-state index is 0.00346. The molecule has 0 saturated heterocycles. The summed E-state index contributed by atoms with van der Waals surface area (Å²) in [6.07, 6.45) is 0. The zero-order chi connectivity index (χ0) is 18.1. The Balaban J connectivity index is 2.17. The monoisotopic (exact) mass is 359 g/mol. The Morgan fingerprint density at radius 2 is 1.56 bits per heavy atom. The highest BCUT2D eigenvalue weighted by atomic mass is 35.5. The number of halogens is 1. The third kappa shape index (κ3) is 3.02. The van der Waals surface area contributed by atoms with Crippen LogP contribution in [-0.2, 0) is 0 Å². The largest absolute Gasteiger partial charge is 0.507 e. The first-order valence-corrected chi connectivity index (χ1v) is 7.36. The number of benzene rings is 3. The van der Waals surface area contributed by atoms with Crippen molar-refractivity contribution in [3.8, 4) is 5.75 Å². The van der Waals surface area contributed by atoms with Gasteiger partial charge in [-0.1, -0.05) is 35.9 Å². The number of aromatic hydroxyl groups is 1. The quantitative estimate of drug-likeness (QED) is 0.512. The van der Waals surface area contributed by atoms with Crippen LogP contribution in [0.15, 0.2) is 48.5 Å². The van der Waals surface area contributed by atoms with Crippen LogP contribution in [0.2, 0.25) is 5.02 Å². The summed E-state index contributed by atoms with van der Waals surface area (Å²) in [6, 6.07) is 12.0. The van der Waals surface area contributed by atoms with Gasteiger partial charge in [0.1, 0.15) is 16.5 Å². The van der Waals surface area contributed by atoms with Gasteiger partial charge >= 0.3 is 0 Å². The van der Waals surface area contributed by atoms with Gasteiger partial charge in [-0.05, 0) is 23.6 Å². The Morgan fingerprint density at radius 1 is 0.920 bits per heavy atom. The summed E-state index contributed by atoms with van der Waals surface area (Å²) < 4.78 is 0. The zero-order valence-electron chi connectivity index (χ0n) is 12.5. The lowest BCUT2D eigenvalue weighted by Crippen LogP contribution is -2.00. The summed E-state index contributed by atoms with van der Waals surface area (Å²) >= 11 is 5.86. The van der Waals surface area contributed by atoms with Crippen molar-refractivity contribution in [3.05, 3.63) is 73.8 Å². The van der Waals surface area contributed by atoms with E-state index < -0.39 is 21.2 Å². The fourth-order valence-electron chi connectivity index (χ4n) is 2.51. The molecule has 0 fully saturated rings. The Bertz CT molecular complexity index is 1020. The predicted molar refractivity (Wildman–Crippen MR) is 93.7 cm³/mol. The van der Waals surface area contributed by atoms with Crippen LogP contribution in [0, 0.1) is 20.2 Å². The summed E-state index contributed by atoms with van der Waals surface area (Å²) in [5, 5.41) is 36.1. The molecular weight excluding hydrogens is 350 g/mol. The van der Waals surface area contributed by atoms with E-state index in [4.69, 9.17) is 11.6 Å². The molecule has 0 unspecified atom stereocenters. The van der Waals surface area contributed by atoms with Gasteiger partial charge in [0.2, 0.25) is 0 Å². The summed E-state index contributed by atoms with van der Waals surface area (Å²) in [4.78, 5) is 20.7. The number of phenolic OH excluding ortho intramolecular Hbond substituents is 1. The normalized spacial score (nSPS) is 10.6. The third-order valence-corrected chi connectivity index (χ3v) is 3.91. The van der Waals surface area contributed by atoms with Crippen LogP contribution >= 0.6 is 11.6 Å². The first kappa shape index (κ1) is 16.5. The van der Waals surface area contributed by atoms with Crippen molar-refractivity contribution >= 4 is 45.1 Å². The molecule has 0 aromatic heterocycles. The van der Waals surface area contributed by atoms with Crippen molar-refractivity contribution in [3.63, 3.8) is 0 Å². The van der Waals surface area contributed by atoms with Gasteiger partial charge in [-0.3, -0.25) is 20.2 Å². The highest BCUT2D eigenvalue weighted by molar-refractivity contribution is 6.33. The van der Waals surface area contributed by atoms with Gasteiger partial charge in [0.25, 0.3) is 11.4 Å². The molecule has 0 amide bonds. The number of hydrogen-bond donors (Lipinski definition) is 2. The molecule has 0 spiro atoms. The summed E-state index contributed by atoms with van der Waals surface area (Å²) in [5.74, 6) is -0.00346. The number of rotatable bonds is 4. The molecule has 0 atom stereocenters. The SMILES string of the molecule is O=[N+]([O-])c1cc([N+](=O)[O-])c(Nc2cccc3cccc(O)c23)cc1Cl. The van der Waals surface area contributed by atoms with Gasteiger partial charge in [0.05, 0.1) is 21.6 Å². The molecule has 3 aromatic carbocycles. The van der Waals surface area contributed by atoms with Gasteiger partial charge in [-0.2, -0.15) is 0 Å². The predicted octanol–water partition coefficient (Wildman–Crippen LogP) is 4.76. The number of hydrogen-bond acceptors (Lipinski definition) is 6. The highest BCUT2D eigenvalue weighted by Crippen LogP contribution is 2.39. The highest BCUT2D eigenvalue weighted by Gasteiger charge is 2.24. The van der Waals surface area contributed by atoms with E-state index in [-0.39, 0.29) is 16.5 Å². The van der Waals surface area contributed by atoms with E-state index in [9.17, 15) is 25.3 Å². The van der Waals surface area contributed by atoms with Gasteiger partial charge < -0.3 is 10.4 Å². The van der Waals surface area contributed by atoms with Gasteiger partial charge in [0, 0.05) is 5.39 Å². The van der Waals surface area contributed by atoms with E-state index in [0.29, 0.717) is 11.1 Å². The van der Waals surface area contributed by atoms with Crippen LogP contribution in [0.3, 0.4) is 0 Å². The molecular formula is C16H10ClN3O5. The molecule has 0 radical (unpaired) electrons. The second-order valence-electron chi connectivity index (χ2n) is 5.14. The fraction of sp³-hybridized carbons (Fsp3) is 0. The van der Waals surface area contributed by atoms with Crippen molar-refractivity contribution in [1.29, 1.82) is 0 Å². The average Bonchev–Trinajstić information content (AvgIpc) is 2.54. The molecule has 3 rings (SSSR count). The number of nitro groups is 2. The molecule has 2 N–H and O–H groups in total. The Hall–Kier alpha value is -3.39. The minimum Gasteiger partial charge on any atom is -0.507 e. The van der Waals surface area contributed by atoms with E-state index in [1.807, 2.05) is 0 Å². The molecule has 9 heteroatoms. The summed E-state index contributed by atoms with van der Waals surface area (Å²) in [5.41, 5.74) is -0.664. The molecule has 8 nitrogen and oxygen atoms in total. The lowest BCUT2D eigenvalue weighted by molar-refractivity contribution is -0.393. The minimum atomic E-state index is -0.789. The van der Waals surface area contributed by atoms with E-state index >= 15 is 0 Å². The fourth-order valence-corrected chi connectivity index (χ4v) is 2.74. The van der Waals surface area contributed by atoms with Gasteiger partial charge in [0.15, 0.2) is 0 Å². The van der Waals surface area contributed by atoms with E-state index in [2.05, 4.69) is 5.32 Å². The van der Waals surface area contributed by atoms with E-state index in [0.717, 1.165) is 17.5 Å².